The first-order valence-corrected chi connectivity index (χ1v) is 14.9. The lowest BCUT2D eigenvalue weighted by molar-refractivity contribution is -0.123. The second-order valence-electron chi connectivity index (χ2n) is 12.1. The quantitative estimate of drug-likeness (QED) is 0.284. The normalized spacial score (nSPS) is 12.2. The van der Waals surface area contributed by atoms with Crippen LogP contribution in [0, 0.1) is 11.6 Å². The van der Waals surface area contributed by atoms with Crippen molar-refractivity contribution in [3.8, 4) is 5.75 Å². The Morgan fingerprint density at radius 1 is 1.15 bits per heavy atom. The number of carbonyl (C=O) groups is 4. The van der Waals surface area contributed by atoms with Gasteiger partial charge in [-0.3, -0.25) is 14.4 Å². The van der Waals surface area contributed by atoms with Gasteiger partial charge in [0.2, 0.25) is 17.6 Å². The molecule has 2 heterocycles. The highest BCUT2D eigenvalue weighted by molar-refractivity contribution is 5.96. The molecule has 0 fully saturated rings. The molecule has 14 nitrogen and oxygen atoms in total. The molecule has 1 aromatic carbocycles. The van der Waals surface area contributed by atoms with Gasteiger partial charge in [-0.05, 0) is 65.7 Å². The lowest BCUT2D eigenvalue weighted by Gasteiger charge is -2.21. The van der Waals surface area contributed by atoms with Crippen LogP contribution in [0.4, 0.5) is 24.1 Å². The van der Waals surface area contributed by atoms with Gasteiger partial charge in [-0.15, -0.1) is 0 Å². The van der Waals surface area contributed by atoms with E-state index in [0.717, 1.165) is 22.3 Å². The van der Waals surface area contributed by atoms with Crippen LogP contribution in [0.5, 0.6) is 5.75 Å². The van der Waals surface area contributed by atoms with Gasteiger partial charge in [0.25, 0.3) is 5.56 Å². The number of benzene rings is 1. The van der Waals surface area contributed by atoms with E-state index in [0.29, 0.717) is 0 Å². The zero-order valence-corrected chi connectivity index (χ0v) is 28.1. The number of rotatable bonds is 11. The van der Waals surface area contributed by atoms with Crippen molar-refractivity contribution in [1.82, 2.24) is 24.3 Å². The number of imidazole rings is 1. The molecular weight excluding hydrogens is 634 g/mol. The lowest BCUT2D eigenvalue weighted by Crippen LogP contribution is -2.44. The molecule has 3 rings (SSSR count). The van der Waals surface area contributed by atoms with E-state index < -0.39 is 65.3 Å². The van der Waals surface area contributed by atoms with Crippen molar-refractivity contribution in [1.29, 1.82) is 0 Å². The molecule has 0 bridgehead atoms. The van der Waals surface area contributed by atoms with Crippen LogP contribution >= 0.6 is 0 Å². The zero-order valence-electron chi connectivity index (χ0n) is 28.1. The number of aromatic nitrogens is 3. The van der Waals surface area contributed by atoms with Gasteiger partial charge in [-0.1, -0.05) is 6.08 Å². The number of ether oxygens (including phenoxy) is 3. The van der Waals surface area contributed by atoms with Crippen molar-refractivity contribution in [2.45, 2.75) is 71.8 Å². The minimum absolute atomic E-state index is 0.0625. The lowest BCUT2D eigenvalue weighted by atomic mass is 10.1. The van der Waals surface area contributed by atoms with Crippen LogP contribution in [-0.4, -0.2) is 82.0 Å². The van der Waals surface area contributed by atoms with E-state index >= 15 is 0 Å². The summed E-state index contributed by atoms with van der Waals surface area (Å²) in [6, 6.07) is 2.42. The fraction of sp³-hybridized carbons (Fsp3) is 0.438. The maximum atomic E-state index is 14.9. The summed E-state index contributed by atoms with van der Waals surface area (Å²) in [6.07, 6.45) is 2.10. The summed E-state index contributed by atoms with van der Waals surface area (Å²) >= 11 is 0. The fourth-order valence-electron chi connectivity index (χ4n) is 4.33. The van der Waals surface area contributed by atoms with Gasteiger partial charge in [0, 0.05) is 26.4 Å². The van der Waals surface area contributed by atoms with Gasteiger partial charge in [-0.2, -0.15) is 4.39 Å². The molecule has 0 aliphatic heterocycles. The number of fused-ring (bicyclic) bond motifs is 1. The fourth-order valence-corrected chi connectivity index (χ4v) is 4.33. The molecule has 3 aromatic rings. The molecule has 0 aliphatic carbocycles. The third-order valence-corrected chi connectivity index (χ3v) is 6.51. The Morgan fingerprint density at radius 3 is 2.44 bits per heavy atom. The molecule has 0 saturated heterocycles. The number of allylic oxidation sites excluding steroid dienone is 1. The molecule has 0 spiro atoms. The van der Waals surface area contributed by atoms with Crippen LogP contribution in [0.25, 0.3) is 11.0 Å². The van der Waals surface area contributed by atoms with Gasteiger partial charge < -0.3 is 34.3 Å². The molecule has 0 radical (unpaired) electrons. The number of anilines is 1. The smallest absolute Gasteiger partial charge is 0.420 e. The summed E-state index contributed by atoms with van der Waals surface area (Å²) in [5, 5.41) is 4.90. The highest BCUT2D eigenvalue weighted by Gasteiger charge is 2.29. The molecule has 2 N–H and O–H groups in total. The van der Waals surface area contributed by atoms with Crippen molar-refractivity contribution in [2.24, 2.45) is 0 Å². The Labute approximate surface area is 275 Å². The summed E-state index contributed by atoms with van der Waals surface area (Å²) < 4.78 is 47.3. The zero-order chi connectivity index (χ0) is 35.9. The SMILES string of the molecule is COC(=O)N[C@@H](CC/C=C/C(=O)N(C)C)C(=O)Nc1cccn(Cc2nc3c(OC(C)C)c(F)c(F)cc3n2C(=O)OC(C)(C)C)c1=O. The average molecular weight is 675 g/mol. The van der Waals surface area contributed by atoms with Crippen LogP contribution in [0.2, 0.25) is 0 Å². The van der Waals surface area contributed by atoms with Crippen molar-refractivity contribution < 1.29 is 42.2 Å². The van der Waals surface area contributed by atoms with Crippen molar-refractivity contribution in [3.05, 3.63) is 64.4 Å². The van der Waals surface area contributed by atoms with Crippen LogP contribution in [0.15, 0.2) is 41.3 Å². The van der Waals surface area contributed by atoms with Gasteiger partial charge in [0.1, 0.15) is 28.7 Å². The van der Waals surface area contributed by atoms with E-state index in [1.165, 1.54) is 29.3 Å². The van der Waals surface area contributed by atoms with E-state index in [-0.39, 0.29) is 41.3 Å². The van der Waals surface area contributed by atoms with Crippen LogP contribution < -0.4 is 20.9 Å². The number of carbonyl (C=O) groups excluding carboxylic acids is 4. The first-order chi connectivity index (χ1) is 22.4. The number of alkyl carbamates (subject to hydrolysis) is 1. The van der Waals surface area contributed by atoms with E-state index in [2.05, 4.69) is 20.4 Å². The summed E-state index contributed by atoms with van der Waals surface area (Å²) in [4.78, 5) is 69.6. The number of amides is 3. The first-order valence-electron chi connectivity index (χ1n) is 14.9. The Hall–Kier alpha value is -5.28. The third-order valence-electron chi connectivity index (χ3n) is 6.51. The first kappa shape index (κ1) is 37.2. The Bertz CT molecular complexity index is 1770. The molecule has 0 aliphatic rings. The third kappa shape index (κ3) is 9.39. The minimum atomic E-state index is -1.30. The maximum absolute atomic E-state index is 14.9. The standard InChI is InChI=1S/C32H40F2N6O8/c1-18(2)47-27-25(34)19(33)16-22-26(27)37-23(40(22)31(45)48-32(3,4)5)17-39-15-11-13-21(29(39)43)35-28(42)20(36-30(44)46-8)12-9-10-14-24(41)38(6)7/h10-11,13-16,18,20H,9,12,17H2,1-8H3,(H,35,42)(H,36,44)/b14-10+/t20-/m0/s1. The van der Waals surface area contributed by atoms with Gasteiger partial charge >= 0.3 is 12.2 Å². The second-order valence-corrected chi connectivity index (χ2v) is 12.1. The second kappa shape index (κ2) is 15.5. The maximum Gasteiger partial charge on any atom is 0.420 e. The molecule has 48 heavy (non-hydrogen) atoms. The highest BCUT2D eigenvalue weighted by atomic mass is 19.2. The summed E-state index contributed by atoms with van der Waals surface area (Å²) in [7, 11) is 4.29. The van der Waals surface area contributed by atoms with Gasteiger partial charge in [-0.25, -0.2) is 23.5 Å². The summed E-state index contributed by atoms with van der Waals surface area (Å²) in [6.45, 7) is 7.68. The largest absolute Gasteiger partial charge is 0.486 e. The minimum Gasteiger partial charge on any atom is -0.486 e. The van der Waals surface area contributed by atoms with E-state index in [1.807, 2.05) is 0 Å². The Kier molecular flexibility index (Phi) is 12.0. The predicted molar refractivity (Wildman–Crippen MR) is 172 cm³/mol. The number of hydrogen-bond donors (Lipinski definition) is 2. The molecule has 1 atom stereocenters. The number of pyridine rings is 1. The number of nitrogens with zero attached hydrogens (tertiary/aromatic N) is 4. The Balaban J connectivity index is 2.00. The van der Waals surface area contributed by atoms with Gasteiger partial charge in [0.15, 0.2) is 11.6 Å². The molecule has 260 valence electrons. The topological polar surface area (TPSA) is 163 Å². The molecule has 3 amide bonds. The van der Waals surface area contributed by atoms with E-state index in [9.17, 15) is 32.8 Å². The number of halogens is 2. The number of methoxy groups -OCH3 is 1. The van der Waals surface area contributed by atoms with Crippen LogP contribution in [0.1, 0.15) is 53.3 Å². The molecular formula is C32H40F2N6O8. The number of nitrogens with one attached hydrogen (secondary N) is 2. The summed E-state index contributed by atoms with van der Waals surface area (Å²) in [5.41, 5.74) is -2.20. The summed E-state index contributed by atoms with van der Waals surface area (Å²) in [5.74, 6) is -4.22. The van der Waals surface area contributed by atoms with Crippen LogP contribution in [-0.2, 0) is 25.6 Å². The van der Waals surface area contributed by atoms with Crippen molar-refractivity contribution in [3.63, 3.8) is 0 Å². The van der Waals surface area contributed by atoms with E-state index in [1.54, 1.807) is 54.8 Å². The number of hydrogen-bond acceptors (Lipinski definition) is 9. The molecule has 16 heteroatoms. The highest BCUT2D eigenvalue weighted by Crippen LogP contribution is 2.33. The predicted octanol–water partition coefficient (Wildman–Crippen LogP) is 4.18. The average Bonchev–Trinajstić information content (AvgIpc) is 3.34. The van der Waals surface area contributed by atoms with Gasteiger partial charge in [0.05, 0.1) is 25.3 Å². The number of likely N-dealkylation sites (N-methyl/N-ethyl adjacent to an activating group) is 1. The monoisotopic (exact) mass is 674 g/mol. The molecule has 0 unspecified atom stereocenters. The molecule has 2 aromatic heterocycles. The van der Waals surface area contributed by atoms with Crippen LogP contribution in [0.3, 0.4) is 0 Å². The van der Waals surface area contributed by atoms with Crippen molar-refractivity contribution >= 4 is 40.7 Å². The van der Waals surface area contributed by atoms with Crippen molar-refractivity contribution in [2.75, 3.05) is 26.5 Å². The Morgan fingerprint density at radius 2 is 1.83 bits per heavy atom. The molecule has 0 saturated carbocycles. The van der Waals surface area contributed by atoms with E-state index in [4.69, 9.17) is 9.47 Å².